The number of allylic oxidation sites excluding steroid dienone is 2. The Morgan fingerprint density at radius 1 is 1.00 bits per heavy atom. The van der Waals surface area contributed by atoms with Crippen molar-refractivity contribution in [2.24, 2.45) is 0 Å². The number of hydrogen-bond donors (Lipinski definition) is 3. The van der Waals surface area contributed by atoms with Gasteiger partial charge in [0, 0.05) is 17.3 Å². The molecule has 230 valence electrons. The lowest BCUT2D eigenvalue weighted by Crippen LogP contribution is -2.34. The Balaban J connectivity index is 1.23. The first-order chi connectivity index (χ1) is 21.7. The van der Waals surface area contributed by atoms with Crippen LogP contribution in [0, 0.1) is 0 Å². The summed E-state index contributed by atoms with van der Waals surface area (Å²) >= 11 is 1.12. The van der Waals surface area contributed by atoms with E-state index in [9.17, 15) is 22.8 Å². The fourth-order valence-corrected chi connectivity index (χ4v) is 5.72. The predicted octanol–water partition coefficient (Wildman–Crippen LogP) is 7.16. The number of rotatable bonds is 8. The summed E-state index contributed by atoms with van der Waals surface area (Å²) < 4.78 is 42.6. The summed E-state index contributed by atoms with van der Waals surface area (Å²) in [7, 11) is 0. The van der Waals surface area contributed by atoms with E-state index in [1.165, 1.54) is 35.1 Å². The molecular weight excluding hydrogens is 609 g/mol. The van der Waals surface area contributed by atoms with E-state index >= 15 is 0 Å². The lowest BCUT2D eigenvalue weighted by atomic mass is 9.93. The fraction of sp³-hybridized carbons (Fsp3) is 0.200. The topological polar surface area (TPSA) is 138 Å². The van der Waals surface area contributed by atoms with E-state index in [2.05, 4.69) is 47.1 Å². The van der Waals surface area contributed by atoms with Gasteiger partial charge in [-0.3, -0.25) is 20.3 Å². The molecule has 3 aromatic carbocycles. The number of carbonyl (C=O) groups excluding carboxylic acids is 2. The van der Waals surface area contributed by atoms with Gasteiger partial charge in [-0.25, -0.2) is 9.78 Å². The number of H-pyrrole nitrogens is 1. The number of halogens is 3. The average molecular weight is 635 g/mol. The molecule has 0 saturated heterocycles. The van der Waals surface area contributed by atoms with Crippen LogP contribution in [0.2, 0.25) is 0 Å². The molecule has 1 aliphatic rings. The third-order valence-corrected chi connectivity index (χ3v) is 7.97. The first kappa shape index (κ1) is 29.7. The van der Waals surface area contributed by atoms with Crippen LogP contribution in [0.15, 0.2) is 72.8 Å². The molecule has 15 heteroatoms. The first-order valence-corrected chi connectivity index (χ1v) is 14.7. The van der Waals surface area contributed by atoms with Gasteiger partial charge >= 0.3 is 12.4 Å². The highest BCUT2D eigenvalue weighted by Crippen LogP contribution is 2.32. The zero-order chi connectivity index (χ0) is 31.4. The van der Waals surface area contributed by atoms with E-state index in [-0.39, 0.29) is 23.1 Å². The molecule has 2 heterocycles. The number of nitrogens with zero attached hydrogens (tertiary/aromatic N) is 5. The minimum atomic E-state index is -4.83. The minimum absolute atomic E-state index is 0.0401. The van der Waals surface area contributed by atoms with Gasteiger partial charge in [0.1, 0.15) is 5.75 Å². The van der Waals surface area contributed by atoms with Crippen LogP contribution < -0.4 is 20.3 Å². The Morgan fingerprint density at radius 2 is 1.80 bits per heavy atom. The molecule has 0 radical (unpaired) electrons. The fourth-order valence-electron chi connectivity index (χ4n) is 4.89. The molecule has 0 atom stereocenters. The number of alkyl halides is 3. The molecule has 5 aromatic rings. The van der Waals surface area contributed by atoms with Gasteiger partial charge in [0.15, 0.2) is 5.13 Å². The van der Waals surface area contributed by atoms with Crippen molar-refractivity contribution in [2.45, 2.75) is 38.6 Å². The number of aromatic nitrogens is 5. The number of aromatic amines is 1. The first-order valence-electron chi connectivity index (χ1n) is 13.9. The monoisotopic (exact) mass is 634 g/mol. The smallest absolute Gasteiger partial charge is 0.406 e. The van der Waals surface area contributed by atoms with Crippen molar-refractivity contribution in [1.82, 2.24) is 25.6 Å². The largest absolute Gasteiger partial charge is 0.573 e. The van der Waals surface area contributed by atoms with Gasteiger partial charge in [0.2, 0.25) is 0 Å². The molecule has 3 N–H and O–H groups in total. The zero-order valence-corrected chi connectivity index (χ0v) is 24.3. The van der Waals surface area contributed by atoms with Crippen LogP contribution in [0.3, 0.4) is 0 Å². The van der Waals surface area contributed by atoms with E-state index in [1.807, 2.05) is 24.3 Å². The molecule has 0 spiro atoms. The van der Waals surface area contributed by atoms with Crippen LogP contribution in [0.25, 0.3) is 15.8 Å². The highest BCUT2D eigenvalue weighted by Gasteiger charge is 2.31. The predicted molar refractivity (Wildman–Crippen MR) is 163 cm³/mol. The number of urea groups is 1. The number of carbonyl (C=O) groups is 2. The van der Waals surface area contributed by atoms with Crippen molar-refractivity contribution in [3.63, 3.8) is 0 Å². The summed E-state index contributed by atoms with van der Waals surface area (Å²) in [5.74, 6) is -0.787. The molecule has 1 aliphatic carbocycles. The Kier molecular flexibility index (Phi) is 8.42. The molecule has 0 bridgehead atoms. The molecule has 0 unspecified atom stereocenters. The Bertz CT molecular complexity index is 1840. The summed E-state index contributed by atoms with van der Waals surface area (Å²) in [6, 6.07) is 17.7. The number of nitrogens with one attached hydrogen (secondary N) is 3. The second kappa shape index (κ2) is 12.7. The average Bonchev–Trinajstić information content (AvgIpc) is 3.69. The van der Waals surface area contributed by atoms with Gasteiger partial charge in [-0.05, 0) is 84.0 Å². The zero-order valence-electron chi connectivity index (χ0n) is 23.5. The second-order valence-electron chi connectivity index (χ2n) is 10.1. The molecular formula is C30H25F3N8O3S. The summed E-state index contributed by atoms with van der Waals surface area (Å²) in [5, 5.41) is 18.6. The van der Waals surface area contributed by atoms with E-state index in [4.69, 9.17) is 0 Å². The normalized spacial score (nSPS) is 13.3. The molecule has 45 heavy (non-hydrogen) atoms. The number of ether oxygens (including phenoxy) is 1. The van der Waals surface area contributed by atoms with Crippen LogP contribution in [-0.4, -0.2) is 43.9 Å². The molecule has 0 fully saturated rings. The van der Waals surface area contributed by atoms with Crippen LogP contribution in [0.1, 0.15) is 47.2 Å². The van der Waals surface area contributed by atoms with E-state index < -0.39 is 24.1 Å². The number of anilines is 3. The van der Waals surface area contributed by atoms with E-state index in [0.29, 0.717) is 16.0 Å². The van der Waals surface area contributed by atoms with Crippen molar-refractivity contribution in [1.29, 1.82) is 0 Å². The molecule has 6 rings (SSSR count). The SMILES string of the molecule is O=C(Nc1nn[nH]n1)c1ccc(CN(C(=O)Nc2nc3cc(OC(F)(F)F)ccc3s2)c2ccc(C3=CCCCC3)cc2)cc1. The Labute approximate surface area is 258 Å². The summed E-state index contributed by atoms with van der Waals surface area (Å²) in [6.07, 6.45) is 1.77. The third-order valence-electron chi connectivity index (χ3n) is 7.02. The summed E-state index contributed by atoms with van der Waals surface area (Å²) in [5.41, 5.74) is 4.34. The van der Waals surface area contributed by atoms with Crippen molar-refractivity contribution < 1.29 is 27.5 Å². The molecule has 2 aromatic heterocycles. The van der Waals surface area contributed by atoms with Gasteiger partial charge in [-0.2, -0.15) is 5.21 Å². The Hall–Kier alpha value is -5.31. The molecule has 0 saturated carbocycles. The lowest BCUT2D eigenvalue weighted by Gasteiger charge is -2.23. The van der Waals surface area contributed by atoms with E-state index in [0.717, 1.165) is 41.7 Å². The maximum absolute atomic E-state index is 13.7. The van der Waals surface area contributed by atoms with Gasteiger partial charge in [0.05, 0.1) is 16.8 Å². The molecule has 0 aliphatic heterocycles. The Morgan fingerprint density at radius 3 is 2.49 bits per heavy atom. The highest BCUT2D eigenvalue weighted by molar-refractivity contribution is 7.22. The number of fused-ring (bicyclic) bond motifs is 1. The number of tetrazole rings is 1. The summed E-state index contributed by atoms with van der Waals surface area (Å²) in [4.78, 5) is 32.1. The quantitative estimate of drug-likeness (QED) is 0.165. The van der Waals surface area contributed by atoms with Crippen LogP contribution >= 0.6 is 11.3 Å². The van der Waals surface area contributed by atoms with Crippen LogP contribution in [0.4, 0.5) is 34.7 Å². The van der Waals surface area contributed by atoms with Gasteiger partial charge in [-0.15, -0.1) is 18.3 Å². The number of amides is 3. The van der Waals surface area contributed by atoms with Crippen molar-refractivity contribution in [3.05, 3.63) is 89.5 Å². The van der Waals surface area contributed by atoms with Crippen molar-refractivity contribution in [3.8, 4) is 5.75 Å². The minimum Gasteiger partial charge on any atom is -0.406 e. The van der Waals surface area contributed by atoms with E-state index in [1.54, 1.807) is 24.3 Å². The summed E-state index contributed by atoms with van der Waals surface area (Å²) in [6.45, 7) is 0.148. The van der Waals surface area contributed by atoms with Gasteiger partial charge in [-0.1, -0.05) is 46.8 Å². The van der Waals surface area contributed by atoms with Crippen LogP contribution in [-0.2, 0) is 6.54 Å². The number of hydrogen-bond acceptors (Lipinski definition) is 8. The van der Waals surface area contributed by atoms with Gasteiger partial charge < -0.3 is 4.74 Å². The second-order valence-corrected chi connectivity index (χ2v) is 11.2. The standard InChI is InChI=1S/C30H25F3N8O3S/c31-30(32,33)44-23-14-15-25-24(16-23)34-28(45-25)36-29(43)41(22-12-10-20(11-13-22)19-4-2-1-3-5-19)17-18-6-8-21(9-7-18)26(42)35-27-37-39-40-38-27/h4,6-16H,1-3,5,17H2,(H,34,36,43)(H2,35,37,38,39,40,42). The molecule has 3 amide bonds. The highest BCUT2D eigenvalue weighted by atomic mass is 32.1. The number of thiazole rings is 1. The lowest BCUT2D eigenvalue weighted by molar-refractivity contribution is -0.274. The van der Waals surface area contributed by atoms with Crippen LogP contribution in [0.5, 0.6) is 5.75 Å². The molecule has 11 nitrogen and oxygen atoms in total. The maximum atomic E-state index is 13.7. The van der Waals surface area contributed by atoms with Gasteiger partial charge in [0.25, 0.3) is 11.9 Å². The third kappa shape index (κ3) is 7.44. The maximum Gasteiger partial charge on any atom is 0.573 e. The number of benzene rings is 3. The van der Waals surface area contributed by atoms with Crippen molar-refractivity contribution >= 4 is 55.8 Å². The van der Waals surface area contributed by atoms with Crippen molar-refractivity contribution in [2.75, 3.05) is 15.5 Å².